The third-order valence-electron chi connectivity index (χ3n) is 3.10. The summed E-state index contributed by atoms with van der Waals surface area (Å²) < 4.78 is 0. The lowest BCUT2D eigenvalue weighted by molar-refractivity contribution is -0.123. The van der Waals surface area contributed by atoms with Crippen molar-refractivity contribution in [3.05, 3.63) is 0 Å². The second-order valence-corrected chi connectivity index (χ2v) is 4.85. The van der Waals surface area contributed by atoms with E-state index >= 15 is 0 Å². The first-order valence-corrected chi connectivity index (χ1v) is 7.08. The molecule has 0 aliphatic rings. The minimum atomic E-state index is -0.110. The maximum Gasteiger partial charge on any atom is 0.133 e. The fraction of sp³-hybridized carbons (Fsp3) is 0.800. The van der Waals surface area contributed by atoms with Crippen molar-refractivity contribution in [3.63, 3.8) is 0 Å². The number of Topliss-reactive ketones (excluding diaryl/α,β-unsaturated/α-hetero) is 1. The van der Waals surface area contributed by atoms with Gasteiger partial charge in [-0.15, -0.1) is 0 Å². The molecular weight excluding hydrogens is 226 g/mol. The standard InChI is InChI=1S/C15H25NO2/c1-2-3-4-5-6-9-14(13-17)12-15(18)10-7-8-11-16/h13-14H,2-10,12H2,1H3. The fourth-order valence-corrected chi connectivity index (χ4v) is 1.99. The topological polar surface area (TPSA) is 57.9 Å². The molecule has 102 valence electrons. The average molecular weight is 251 g/mol. The number of aldehydes is 1. The van der Waals surface area contributed by atoms with Crippen LogP contribution in [0, 0.1) is 17.2 Å². The van der Waals surface area contributed by atoms with E-state index in [0.29, 0.717) is 25.7 Å². The third-order valence-corrected chi connectivity index (χ3v) is 3.10. The highest BCUT2D eigenvalue weighted by molar-refractivity contribution is 5.81. The van der Waals surface area contributed by atoms with Gasteiger partial charge >= 0.3 is 0 Å². The second kappa shape index (κ2) is 12.3. The molecule has 0 fully saturated rings. The maximum absolute atomic E-state index is 11.6. The second-order valence-electron chi connectivity index (χ2n) is 4.85. The lowest BCUT2D eigenvalue weighted by Gasteiger charge is -2.08. The van der Waals surface area contributed by atoms with Crippen molar-refractivity contribution in [1.82, 2.24) is 0 Å². The number of nitriles is 1. The molecule has 0 N–H and O–H groups in total. The maximum atomic E-state index is 11.6. The smallest absolute Gasteiger partial charge is 0.133 e. The molecule has 0 aliphatic heterocycles. The number of carbonyl (C=O) groups is 2. The Bertz CT molecular complexity index is 268. The van der Waals surface area contributed by atoms with E-state index in [1.54, 1.807) is 0 Å². The van der Waals surface area contributed by atoms with Crippen LogP contribution >= 0.6 is 0 Å². The van der Waals surface area contributed by atoms with E-state index in [-0.39, 0.29) is 11.7 Å². The molecule has 18 heavy (non-hydrogen) atoms. The molecule has 1 unspecified atom stereocenters. The van der Waals surface area contributed by atoms with Gasteiger partial charge in [-0.3, -0.25) is 4.79 Å². The first kappa shape index (κ1) is 16.8. The Morgan fingerprint density at radius 2 is 1.94 bits per heavy atom. The van der Waals surface area contributed by atoms with Crippen LogP contribution in [0.1, 0.15) is 71.1 Å². The van der Waals surface area contributed by atoms with E-state index in [0.717, 1.165) is 25.5 Å². The van der Waals surface area contributed by atoms with Crippen molar-refractivity contribution in [2.24, 2.45) is 5.92 Å². The van der Waals surface area contributed by atoms with Gasteiger partial charge in [0.1, 0.15) is 12.1 Å². The van der Waals surface area contributed by atoms with Gasteiger partial charge in [-0.25, -0.2) is 0 Å². The van der Waals surface area contributed by atoms with Gasteiger partial charge in [0.15, 0.2) is 0 Å². The van der Waals surface area contributed by atoms with Crippen molar-refractivity contribution < 1.29 is 9.59 Å². The van der Waals surface area contributed by atoms with Crippen molar-refractivity contribution in [2.45, 2.75) is 71.1 Å². The van der Waals surface area contributed by atoms with Gasteiger partial charge < -0.3 is 4.79 Å². The number of rotatable bonds is 12. The molecule has 0 heterocycles. The van der Waals surface area contributed by atoms with Gasteiger partial charge in [-0.2, -0.15) is 5.26 Å². The van der Waals surface area contributed by atoms with Gasteiger partial charge in [-0.05, 0) is 12.8 Å². The molecule has 0 radical (unpaired) electrons. The summed E-state index contributed by atoms with van der Waals surface area (Å²) in [6.45, 7) is 2.17. The summed E-state index contributed by atoms with van der Waals surface area (Å²) in [5, 5.41) is 8.38. The average Bonchev–Trinajstić information content (AvgIpc) is 2.37. The Hall–Kier alpha value is -1.17. The van der Waals surface area contributed by atoms with Gasteiger partial charge in [0.25, 0.3) is 0 Å². The van der Waals surface area contributed by atoms with Gasteiger partial charge in [-0.1, -0.05) is 39.0 Å². The third kappa shape index (κ3) is 10.0. The van der Waals surface area contributed by atoms with E-state index < -0.39 is 0 Å². The molecule has 3 nitrogen and oxygen atoms in total. The Morgan fingerprint density at radius 1 is 1.22 bits per heavy atom. The van der Waals surface area contributed by atoms with Crippen LogP contribution in [-0.4, -0.2) is 12.1 Å². The molecular formula is C15H25NO2. The molecule has 0 saturated carbocycles. The number of ketones is 1. The first-order chi connectivity index (χ1) is 8.74. The molecule has 0 bridgehead atoms. The molecule has 1 atom stereocenters. The van der Waals surface area contributed by atoms with Crippen LogP contribution in [-0.2, 0) is 9.59 Å². The minimum absolute atomic E-state index is 0.110. The summed E-state index contributed by atoms with van der Waals surface area (Å²) in [6.07, 6.45) is 9.47. The van der Waals surface area contributed by atoms with Gasteiger partial charge in [0.2, 0.25) is 0 Å². The monoisotopic (exact) mass is 251 g/mol. The fourth-order valence-electron chi connectivity index (χ4n) is 1.99. The van der Waals surface area contributed by atoms with Crippen LogP contribution in [0.4, 0.5) is 0 Å². The molecule has 0 saturated heterocycles. The molecule has 0 aromatic heterocycles. The molecule has 0 amide bonds. The van der Waals surface area contributed by atoms with Gasteiger partial charge in [0, 0.05) is 25.2 Å². The zero-order valence-electron chi connectivity index (χ0n) is 11.5. The minimum Gasteiger partial charge on any atom is -0.303 e. The zero-order valence-corrected chi connectivity index (χ0v) is 11.5. The highest BCUT2D eigenvalue weighted by Crippen LogP contribution is 2.15. The highest BCUT2D eigenvalue weighted by Gasteiger charge is 2.12. The quantitative estimate of drug-likeness (QED) is 0.391. The predicted octanol–water partition coefficient (Wildman–Crippen LogP) is 3.82. The Labute approximate surface area is 111 Å². The summed E-state index contributed by atoms with van der Waals surface area (Å²) in [6, 6.07) is 2.02. The van der Waals surface area contributed by atoms with Crippen molar-refractivity contribution in [2.75, 3.05) is 0 Å². The number of carbonyl (C=O) groups excluding carboxylic acids is 2. The van der Waals surface area contributed by atoms with Crippen LogP contribution < -0.4 is 0 Å². The Balaban J connectivity index is 3.65. The summed E-state index contributed by atoms with van der Waals surface area (Å²) in [5.74, 6) is 0.0112. The summed E-state index contributed by atoms with van der Waals surface area (Å²) in [5.41, 5.74) is 0. The largest absolute Gasteiger partial charge is 0.303 e. The van der Waals surface area contributed by atoms with Crippen LogP contribution in [0.2, 0.25) is 0 Å². The van der Waals surface area contributed by atoms with E-state index in [1.165, 1.54) is 19.3 Å². The van der Waals surface area contributed by atoms with Crippen LogP contribution in [0.25, 0.3) is 0 Å². The highest BCUT2D eigenvalue weighted by atomic mass is 16.1. The number of hydrogen-bond acceptors (Lipinski definition) is 3. The van der Waals surface area contributed by atoms with E-state index in [2.05, 4.69) is 6.92 Å². The number of unbranched alkanes of at least 4 members (excludes halogenated alkanes) is 5. The Morgan fingerprint density at radius 3 is 2.56 bits per heavy atom. The van der Waals surface area contributed by atoms with Crippen molar-refractivity contribution in [1.29, 1.82) is 5.26 Å². The predicted molar refractivity (Wildman–Crippen MR) is 72.0 cm³/mol. The molecule has 0 spiro atoms. The molecule has 3 heteroatoms. The van der Waals surface area contributed by atoms with Crippen molar-refractivity contribution >= 4 is 12.1 Å². The van der Waals surface area contributed by atoms with Crippen LogP contribution in [0.15, 0.2) is 0 Å². The van der Waals surface area contributed by atoms with E-state index in [1.807, 2.05) is 6.07 Å². The SMILES string of the molecule is CCCCCCCC(C=O)CC(=O)CCCC#N. The summed E-state index contributed by atoms with van der Waals surface area (Å²) in [4.78, 5) is 22.4. The van der Waals surface area contributed by atoms with E-state index in [4.69, 9.17) is 5.26 Å². The van der Waals surface area contributed by atoms with Gasteiger partial charge in [0.05, 0.1) is 6.07 Å². The molecule has 0 rings (SSSR count). The summed E-state index contributed by atoms with van der Waals surface area (Å²) in [7, 11) is 0. The van der Waals surface area contributed by atoms with Crippen LogP contribution in [0.3, 0.4) is 0 Å². The molecule has 0 aliphatic carbocycles. The zero-order chi connectivity index (χ0) is 13.6. The number of nitrogens with zero attached hydrogens (tertiary/aromatic N) is 1. The Kier molecular flexibility index (Phi) is 11.5. The normalized spacial score (nSPS) is 11.8. The molecule has 0 aromatic carbocycles. The molecule has 0 aromatic rings. The van der Waals surface area contributed by atoms with Crippen LogP contribution in [0.5, 0.6) is 0 Å². The summed E-state index contributed by atoms with van der Waals surface area (Å²) >= 11 is 0. The van der Waals surface area contributed by atoms with Crippen molar-refractivity contribution in [3.8, 4) is 6.07 Å². The number of hydrogen-bond donors (Lipinski definition) is 0. The van der Waals surface area contributed by atoms with E-state index in [9.17, 15) is 9.59 Å². The lowest BCUT2D eigenvalue weighted by atomic mass is 9.95. The first-order valence-electron chi connectivity index (χ1n) is 7.08. The lowest BCUT2D eigenvalue weighted by Crippen LogP contribution is -2.10.